The molecule has 0 unspecified atom stereocenters. The highest BCUT2D eigenvalue weighted by Gasteiger charge is 2.36. The zero-order valence-corrected chi connectivity index (χ0v) is 16.5. The molecule has 1 aromatic carbocycles. The number of benzene rings is 1. The topological polar surface area (TPSA) is 66.2 Å². The summed E-state index contributed by atoms with van der Waals surface area (Å²) >= 11 is 0. The van der Waals surface area contributed by atoms with E-state index in [2.05, 4.69) is 9.97 Å². The predicted molar refractivity (Wildman–Crippen MR) is 107 cm³/mol. The van der Waals surface area contributed by atoms with Crippen molar-refractivity contribution in [3.63, 3.8) is 0 Å². The second-order valence-electron chi connectivity index (χ2n) is 6.58. The van der Waals surface area contributed by atoms with Crippen LogP contribution in [0.5, 0.6) is 11.5 Å². The summed E-state index contributed by atoms with van der Waals surface area (Å²) < 4.78 is 52.0. The summed E-state index contributed by atoms with van der Waals surface area (Å²) in [5.74, 6) is 0.118. The first-order valence-corrected chi connectivity index (χ1v) is 9.09. The van der Waals surface area contributed by atoms with Crippen LogP contribution in [0.4, 0.5) is 13.2 Å². The van der Waals surface area contributed by atoms with Crippen LogP contribution in [0.3, 0.4) is 0 Å². The van der Waals surface area contributed by atoms with Gasteiger partial charge < -0.3 is 9.47 Å². The van der Waals surface area contributed by atoms with Gasteiger partial charge in [-0.1, -0.05) is 6.07 Å². The Morgan fingerprint density at radius 2 is 1.81 bits per heavy atom. The summed E-state index contributed by atoms with van der Waals surface area (Å²) in [4.78, 5) is 21.1. The molecule has 0 aliphatic carbocycles. The van der Waals surface area contributed by atoms with Crippen LogP contribution in [-0.4, -0.2) is 34.7 Å². The molecule has 0 aliphatic heterocycles. The number of hydrogen-bond donors (Lipinski definition) is 0. The first kappa shape index (κ1) is 20.4. The van der Waals surface area contributed by atoms with Gasteiger partial charge in [-0.3, -0.25) is 14.3 Å². The quantitative estimate of drug-likeness (QED) is 0.467. The number of rotatable bonds is 4. The molecule has 4 rings (SSSR count). The monoisotopic (exact) mass is 427 g/mol. The molecule has 0 radical (unpaired) electrons. The smallest absolute Gasteiger partial charge is 0.417 e. The molecule has 158 valence electrons. The zero-order valence-electron chi connectivity index (χ0n) is 16.5. The maximum Gasteiger partial charge on any atom is 0.417 e. The Balaban J connectivity index is 1.91. The maximum absolute atomic E-state index is 13.4. The van der Waals surface area contributed by atoms with Gasteiger partial charge in [0.2, 0.25) is 0 Å². The molecular weight excluding hydrogens is 411 g/mol. The zero-order chi connectivity index (χ0) is 22.2. The predicted octanol–water partition coefficient (Wildman–Crippen LogP) is 4.82. The standard InChI is InChI=1S/C22H16F3N3O3/c1-30-18-6-5-13(10-19(18)31-2)16-12-28(20-14(16)4-3-8-27-20)21(29)15-11-26-9-7-17(15)22(23,24)25/h3-12H,1-2H3. The van der Waals surface area contributed by atoms with Crippen molar-refractivity contribution in [3.05, 3.63) is 72.3 Å². The minimum Gasteiger partial charge on any atom is -0.493 e. The average molecular weight is 427 g/mol. The fraction of sp³-hybridized carbons (Fsp3) is 0.136. The van der Waals surface area contributed by atoms with Gasteiger partial charge in [0.1, 0.15) is 5.65 Å². The van der Waals surface area contributed by atoms with E-state index in [0.717, 1.165) is 23.0 Å². The fourth-order valence-corrected chi connectivity index (χ4v) is 3.39. The summed E-state index contributed by atoms with van der Waals surface area (Å²) in [5, 5.41) is 0.598. The molecule has 0 saturated carbocycles. The van der Waals surface area contributed by atoms with E-state index in [-0.39, 0.29) is 5.65 Å². The minimum absolute atomic E-state index is 0.231. The Morgan fingerprint density at radius 3 is 2.52 bits per heavy atom. The van der Waals surface area contributed by atoms with Gasteiger partial charge in [0.05, 0.1) is 25.3 Å². The molecular formula is C22H16F3N3O3. The molecule has 0 spiro atoms. The Kier molecular flexibility index (Phi) is 5.10. The van der Waals surface area contributed by atoms with Crippen LogP contribution < -0.4 is 9.47 Å². The Labute approximate surface area is 174 Å². The van der Waals surface area contributed by atoms with E-state index in [4.69, 9.17) is 9.47 Å². The van der Waals surface area contributed by atoms with Crippen molar-refractivity contribution < 1.29 is 27.4 Å². The normalized spacial score (nSPS) is 11.5. The van der Waals surface area contributed by atoms with Gasteiger partial charge in [0, 0.05) is 35.7 Å². The van der Waals surface area contributed by atoms with E-state index >= 15 is 0 Å². The highest BCUT2D eigenvalue weighted by molar-refractivity contribution is 6.06. The van der Waals surface area contributed by atoms with Crippen molar-refractivity contribution in [2.24, 2.45) is 0 Å². The highest BCUT2D eigenvalue weighted by Crippen LogP contribution is 2.37. The van der Waals surface area contributed by atoms with E-state index in [1.54, 1.807) is 30.3 Å². The van der Waals surface area contributed by atoms with Crippen molar-refractivity contribution in [2.75, 3.05) is 14.2 Å². The van der Waals surface area contributed by atoms with Crippen LogP contribution in [-0.2, 0) is 6.18 Å². The van der Waals surface area contributed by atoms with Crippen molar-refractivity contribution in [1.29, 1.82) is 0 Å². The lowest BCUT2D eigenvalue weighted by Gasteiger charge is -2.11. The van der Waals surface area contributed by atoms with Crippen LogP contribution in [0.2, 0.25) is 0 Å². The van der Waals surface area contributed by atoms with E-state index in [0.29, 0.717) is 28.0 Å². The molecule has 0 bridgehead atoms. The molecule has 0 saturated heterocycles. The maximum atomic E-state index is 13.4. The van der Waals surface area contributed by atoms with Gasteiger partial charge in [0.15, 0.2) is 11.5 Å². The van der Waals surface area contributed by atoms with Crippen molar-refractivity contribution in [1.82, 2.24) is 14.5 Å². The Hall–Kier alpha value is -3.88. The number of carbonyl (C=O) groups is 1. The number of pyridine rings is 2. The summed E-state index contributed by atoms with van der Waals surface area (Å²) in [6, 6.07) is 9.41. The lowest BCUT2D eigenvalue weighted by atomic mass is 10.1. The molecule has 0 fully saturated rings. The molecule has 0 atom stereocenters. The molecule has 0 N–H and O–H groups in total. The van der Waals surface area contributed by atoms with E-state index in [1.165, 1.54) is 26.6 Å². The first-order valence-electron chi connectivity index (χ1n) is 9.09. The first-order chi connectivity index (χ1) is 14.8. The number of carbonyl (C=O) groups excluding carboxylic acids is 1. The van der Waals surface area contributed by atoms with Crippen molar-refractivity contribution >= 4 is 16.9 Å². The van der Waals surface area contributed by atoms with E-state index in [9.17, 15) is 18.0 Å². The average Bonchev–Trinajstić information content (AvgIpc) is 3.17. The molecule has 9 heteroatoms. The van der Waals surface area contributed by atoms with Gasteiger partial charge in [-0.05, 0) is 35.9 Å². The highest BCUT2D eigenvalue weighted by atomic mass is 19.4. The third kappa shape index (κ3) is 3.58. The molecule has 31 heavy (non-hydrogen) atoms. The minimum atomic E-state index is -4.70. The number of nitrogens with zero attached hydrogens (tertiary/aromatic N) is 3. The number of ether oxygens (including phenoxy) is 2. The largest absolute Gasteiger partial charge is 0.493 e. The lowest BCUT2D eigenvalue weighted by Crippen LogP contribution is -2.18. The van der Waals surface area contributed by atoms with Gasteiger partial charge >= 0.3 is 6.18 Å². The number of methoxy groups -OCH3 is 2. The summed E-state index contributed by atoms with van der Waals surface area (Å²) in [6.45, 7) is 0. The summed E-state index contributed by atoms with van der Waals surface area (Å²) in [7, 11) is 3.01. The number of alkyl halides is 3. The van der Waals surface area contributed by atoms with Gasteiger partial charge in [0.25, 0.3) is 5.91 Å². The van der Waals surface area contributed by atoms with Crippen LogP contribution in [0, 0.1) is 0 Å². The lowest BCUT2D eigenvalue weighted by molar-refractivity contribution is -0.138. The van der Waals surface area contributed by atoms with Gasteiger partial charge in [-0.25, -0.2) is 4.98 Å². The number of fused-ring (bicyclic) bond motifs is 1. The summed E-state index contributed by atoms with van der Waals surface area (Å²) in [5.41, 5.74) is -0.0945. The van der Waals surface area contributed by atoms with E-state index < -0.39 is 23.2 Å². The van der Waals surface area contributed by atoms with Crippen molar-refractivity contribution in [2.45, 2.75) is 6.18 Å². The Bertz CT molecular complexity index is 1280. The van der Waals surface area contributed by atoms with Crippen LogP contribution in [0.15, 0.2) is 61.2 Å². The molecule has 4 aromatic rings. The number of hydrogen-bond acceptors (Lipinski definition) is 5. The van der Waals surface area contributed by atoms with Crippen LogP contribution >= 0.6 is 0 Å². The third-order valence-electron chi connectivity index (χ3n) is 4.83. The van der Waals surface area contributed by atoms with E-state index in [1.807, 2.05) is 0 Å². The third-order valence-corrected chi connectivity index (χ3v) is 4.83. The molecule has 6 nitrogen and oxygen atoms in total. The number of halogens is 3. The number of aromatic nitrogens is 3. The second-order valence-corrected chi connectivity index (χ2v) is 6.58. The molecule has 0 amide bonds. The van der Waals surface area contributed by atoms with Gasteiger partial charge in [-0.15, -0.1) is 0 Å². The Morgan fingerprint density at radius 1 is 1.03 bits per heavy atom. The van der Waals surface area contributed by atoms with Crippen molar-refractivity contribution in [3.8, 4) is 22.6 Å². The summed E-state index contributed by atoms with van der Waals surface area (Å²) in [6.07, 6.45) is 0.153. The molecule has 3 heterocycles. The SMILES string of the molecule is COc1ccc(-c2cn(C(=O)c3cnccc3C(F)(F)F)c3ncccc23)cc1OC. The van der Waals surface area contributed by atoms with Gasteiger partial charge in [-0.2, -0.15) is 13.2 Å². The molecule has 3 aromatic heterocycles. The second kappa shape index (κ2) is 7.75. The molecule has 0 aliphatic rings. The fourth-order valence-electron chi connectivity index (χ4n) is 3.39. The van der Waals surface area contributed by atoms with Crippen LogP contribution in [0.25, 0.3) is 22.2 Å². The van der Waals surface area contributed by atoms with Crippen LogP contribution in [0.1, 0.15) is 15.9 Å².